The third kappa shape index (κ3) is 1.66. The molecular weight excluding hydrogens is 202 g/mol. The number of carbonyl (C=O) groups is 1. The van der Waals surface area contributed by atoms with Gasteiger partial charge in [0.1, 0.15) is 5.65 Å². The first-order valence-electron chi connectivity index (χ1n) is 5.48. The molecule has 4 heteroatoms. The monoisotopic (exact) mass is 215 g/mol. The molecule has 0 unspecified atom stereocenters. The smallest absolute Gasteiger partial charge is 0.227 e. The first kappa shape index (κ1) is 9.39. The van der Waals surface area contributed by atoms with Gasteiger partial charge in [-0.3, -0.25) is 4.79 Å². The van der Waals surface area contributed by atoms with Crippen molar-refractivity contribution in [1.29, 1.82) is 0 Å². The van der Waals surface area contributed by atoms with Crippen molar-refractivity contribution in [3.05, 3.63) is 24.0 Å². The Kier molecular flexibility index (Phi) is 1.96. The molecule has 82 valence electrons. The first-order valence-corrected chi connectivity index (χ1v) is 5.48. The maximum absolute atomic E-state index is 11.6. The lowest BCUT2D eigenvalue weighted by Gasteiger charge is -2.02. The summed E-state index contributed by atoms with van der Waals surface area (Å²) >= 11 is 0. The summed E-state index contributed by atoms with van der Waals surface area (Å²) in [4.78, 5) is 19.0. The van der Waals surface area contributed by atoms with Crippen LogP contribution in [0, 0.1) is 12.8 Å². The minimum Gasteiger partial charge on any atom is -0.344 e. The van der Waals surface area contributed by atoms with Crippen LogP contribution < -0.4 is 5.32 Å². The first-order chi connectivity index (χ1) is 7.72. The van der Waals surface area contributed by atoms with Crippen molar-refractivity contribution in [2.45, 2.75) is 19.8 Å². The molecular formula is C12H13N3O. The lowest BCUT2D eigenvalue weighted by atomic mass is 10.3. The molecule has 0 aliphatic heterocycles. The van der Waals surface area contributed by atoms with Gasteiger partial charge in [0.15, 0.2) is 0 Å². The summed E-state index contributed by atoms with van der Waals surface area (Å²) < 4.78 is 0. The van der Waals surface area contributed by atoms with Gasteiger partial charge in [0, 0.05) is 17.0 Å². The van der Waals surface area contributed by atoms with Crippen molar-refractivity contribution in [1.82, 2.24) is 9.97 Å². The van der Waals surface area contributed by atoms with Crippen LogP contribution in [0.2, 0.25) is 0 Å². The molecule has 2 heterocycles. The summed E-state index contributed by atoms with van der Waals surface area (Å²) in [5, 5.41) is 3.92. The lowest BCUT2D eigenvalue weighted by Crippen LogP contribution is -2.13. The quantitative estimate of drug-likeness (QED) is 0.807. The molecule has 2 aromatic heterocycles. The highest BCUT2D eigenvalue weighted by Gasteiger charge is 2.29. The van der Waals surface area contributed by atoms with Gasteiger partial charge in [0.2, 0.25) is 5.91 Å². The number of nitrogens with zero attached hydrogens (tertiary/aromatic N) is 1. The Morgan fingerprint density at radius 3 is 3.06 bits per heavy atom. The second-order valence-corrected chi connectivity index (χ2v) is 4.38. The summed E-state index contributed by atoms with van der Waals surface area (Å²) in [5.74, 6) is 0.345. The Morgan fingerprint density at radius 1 is 1.50 bits per heavy atom. The molecule has 1 amide bonds. The van der Waals surface area contributed by atoms with E-state index in [1.54, 1.807) is 6.20 Å². The van der Waals surface area contributed by atoms with Gasteiger partial charge >= 0.3 is 0 Å². The number of fused-ring (bicyclic) bond motifs is 1. The van der Waals surface area contributed by atoms with Crippen molar-refractivity contribution in [2.24, 2.45) is 5.92 Å². The predicted octanol–water partition coefficient (Wildman–Crippen LogP) is 2.22. The van der Waals surface area contributed by atoms with E-state index in [0.29, 0.717) is 0 Å². The third-order valence-electron chi connectivity index (χ3n) is 2.82. The zero-order valence-corrected chi connectivity index (χ0v) is 9.08. The van der Waals surface area contributed by atoms with Gasteiger partial charge in [0.25, 0.3) is 0 Å². The van der Waals surface area contributed by atoms with Gasteiger partial charge in [0.05, 0.1) is 11.9 Å². The number of hydrogen-bond acceptors (Lipinski definition) is 2. The van der Waals surface area contributed by atoms with Gasteiger partial charge < -0.3 is 10.3 Å². The molecule has 0 saturated heterocycles. The van der Waals surface area contributed by atoms with E-state index in [0.717, 1.165) is 35.3 Å². The number of aromatic nitrogens is 2. The molecule has 1 saturated carbocycles. The number of amides is 1. The van der Waals surface area contributed by atoms with Crippen LogP contribution in [0.25, 0.3) is 11.0 Å². The number of anilines is 1. The number of pyridine rings is 1. The number of carbonyl (C=O) groups excluding carboxylic acids is 1. The average molecular weight is 215 g/mol. The normalized spacial score (nSPS) is 15.3. The number of hydrogen-bond donors (Lipinski definition) is 2. The van der Waals surface area contributed by atoms with Crippen LogP contribution in [0.1, 0.15) is 18.5 Å². The van der Waals surface area contributed by atoms with Gasteiger partial charge in [-0.25, -0.2) is 4.98 Å². The third-order valence-corrected chi connectivity index (χ3v) is 2.82. The highest BCUT2D eigenvalue weighted by Crippen LogP contribution is 2.30. The number of aromatic amines is 1. The van der Waals surface area contributed by atoms with Crippen LogP contribution in [0.15, 0.2) is 18.3 Å². The Hall–Kier alpha value is -1.84. The molecule has 2 N–H and O–H groups in total. The summed E-state index contributed by atoms with van der Waals surface area (Å²) in [6.07, 6.45) is 3.73. The van der Waals surface area contributed by atoms with Crippen molar-refractivity contribution in [3.8, 4) is 0 Å². The van der Waals surface area contributed by atoms with E-state index in [-0.39, 0.29) is 11.8 Å². The SMILES string of the molecule is Cc1cc2cc(NC(=O)C3CC3)cnc2[nH]1. The fourth-order valence-corrected chi connectivity index (χ4v) is 1.81. The van der Waals surface area contributed by atoms with Crippen LogP contribution in [0.3, 0.4) is 0 Å². The number of aryl methyl sites for hydroxylation is 1. The molecule has 0 radical (unpaired) electrons. The molecule has 0 atom stereocenters. The molecule has 16 heavy (non-hydrogen) atoms. The topological polar surface area (TPSA) is 57.8 Å². The summed E-state index contributed by atoms with van der Waals surface area (Å²) in [6, 6.07) is 3.97. The minimum atomic E-state index is 0.119. The maximum Gasteiger partial charge on any atom is 0.227 e. The maximum atomic E-state index is 11.6. The minimum absolute atomic E-state index is 0.119. The van der Waals surface area contributed by atoms with Crippen molar-refractivity contribution in [2.75, 3.05) is 5.32 Å². The fourth-order valence-electron chi connectivity index (χ4n) is 1.81. The molecule has 2 aromatic rings. The van der Waals surface area contributed by atoms with E-state index in [4.69, 9.17) is 0 Å². The molecule has 4 nitrogen and oxygen atoms in total. The molecule has 0 bridgehead atoms. The standard InChI is InChI=1S/C12H13N3O/c1-7-4-9-5-10(6-13-11(9)14-7)15-12(16)8-2-3-8/h4-6,8H,2-3H2,1H3,(H,13,14)(H,15,16). The Morgan fingerprint density at radius 2 is 2.31 bits per heavy atom. The van der Waals surface area contributed by atoms with E-state index >= 15 is 0 Å². The van der Waals surface area contributed by atoms with E-state index in [9.17, 15) is 4.79 Å². The van der Waals surface area contributed by atoms with Crippen molar-refractivity contribution in [3.63, 3.8) is 0 Å². The van der Waals surface area contributed by atoms with Crippen molar-refractivity contribution < 1.29 is 4.79 Å². The van der Waals surface area contributed by atoms with Crippen LogP contribution in [-0.4, -0.2) is 15.9 Å². The molecule has 0 spiro atoms. The van der Waals surface area contributed by atoms with Crippen LogP contribution in [0.4, 0.5) is 5.69 Å². The zero-order valence-electron chi connectivity index (χ0n) is 9.08. The molecule has 1 fully saturated rings. The van der Waals surface area contributed by atoms with E-state index in [1.165, 1.54) is 0 Å². The Labute approximate surface area is 93.1 Å². The van der Waals surface area contributed by atoms with E-state index in [1.807, 2.05) is 19.1 Å². The van der Waals surface area contributed by atoms with Crippen molar-refractivity contribution >= 4 is 22.6 Å². The van der Waals surface area contributed by atoms with Crippen LogP contribution >= 0.6 is 0 Å². The average Bonchev–Trinajstić information content (AvgIpc) is 3.01. The number of nitrogens with one attached hydrogen (secondary N) is 2. The van der Waals surface area contributed by atoms with Crippen LogP contribution in [-0.2, 0) is 4.79 Å². The van der Waals surface area contributed by atoms with E-state index in [2.05, 4.69) is 15.3 Å². The fraction of sp³-hybridized carbons (Fsp3) is 0.333. The highest BCUT2D eigenvalue weighted by atomic mass is 16.2. The Balaban J connectivity index is 1.88. The second-order valence-electron chi connectivity index (χ2n) is 4.38. The summed E-state index contributed by atoms with van der Waals surface area (Å²) in [7, 11) is 0. The molecule has 1 aliphatic rings. The molecule has 1 aliphatic carbocycles. The number of H-pyrrole nitrogens is 1. The van der Waals surface area contributed by atoms with Gasteiger partial charge in [-0.1, -0.05) is 0 Å². The summed E-state index contributed by atoms with van der Waals surface area (Å²) in [6.45, 7) is 1.99. The Bertz CT molecular complexity index is 554. The largest absolute Gasteiger partial charge is 0.344 e. The van der Waals surface area contributed by atoms with E-state index < -0.39 is 0 Å². The number of rotatable bonds is 2. The van der Waals surface area contributed by atoms with Crippen LogP contribution in [0.5, 0.6) is 0 Å². The lowest BCUT2D eigenvalue weighted by molar-refractivity contribution is -0.117. The van der Waals surface area contributed by atoms with Gasteiger partial charge in [-0.05, 0) is 31.9 Å². The predicted molar refractivity (Wildman–Crippen MR) is 62.2 cm³/mol. The zero-order chi connectivity index (χ0) is 11.1. The van der Waals surface area contributed by atoms with Gasteiger partial charge in [-0.15, -0.1) is 0 Å². The second kappa shape index (κ2) is 3.33. The summed E-state index contributed by atoms with van der Waals surface area (Å²) in [5.41, 5.74) is 2.72. The highest BCUT2D eigenvalue weighted by molar-refractivity contribution is 5.95. The molecule has 3 rings (SSSR count). The molecule has 0 aromatic carbocycles. The van der Waals surface area contributed by atoms with Gasteiger partial charge in [-0.2, -0.15) is 0 Å².